The Kier molecular flexibility index (Phi) is 12.9. The van der Waals surface area contributed by atoms with Crippen molar-refractivity contribution >= 4 is 23.7 Å². The topological polar surface area (TPSA) is 52.6 Å². The molecule has 4 rings (SSSR count). The van der Waals surface area contributed by atoms with Crippen LogP contribution in [0.1, 0.15) is 128 Å². The van der Waals surface area contributed by atoms with Crippen molar-refractivity contribution in [3.8, 4) is 5.75 Å². The Bertz CT molecular complexity index is 1170. The fourth-order valence-corrected chi connectivity index (χ4v) is 9.72. The molecule has 2 fully saturated rings. The van der Waals surface area contributed by atoms with E-state index in [-0.39, 0.29) is 29.9 Å². The second kappa shape index (κ2) is 16.0. The molecule has 0 bridgehead atoms. The van der Waals surface area contributed by atoms with Crippen molar-refractivity contribution in [2.75, 3.05) is 11.5 Å². The van der Waals surface area contributed by atoms with Crippen LogP contribution in [-0.2, 0) is 20.7 Å². The molecular weight excluding hydrogens is 623 g/mol. The Morgan fingerprint density at radius 3 is 2.24 bits per heavy atom. The van der Waals surface area contributed by atoms with Gasteiger partial charge in [0.25, 0.3) is 0 Å². The molecule has 0 saturated heterocycles. The number of halogens is 5. The van der Waals surface area contributed by atoms with Crippen molar-refractivity contribution in [2.45, 2.75) is 141 Å². The summed E-state index contributed by atoms with van der Waals surface area (Å²) in [5.41, 5.74) is 2.70. The van der Waals surface area contributed by atoms with Gasteiger partial charge in [0.2, 0.25) is 0 Å². The highest BCUT2D eigenvalue weighted by Crippen LogP contribution is 2.63. The molecule has 3 aliphatic rings. The number of carbonyl (C=O) groups excluding carboxylic acids is 2. The van der Waals surface area contributed by atoms with E-state index in [9.17, 15) is 31.5 Å². The summed E-state index contributed by atoms with van der Waals surface area (Å²) in [6.07, 6.45) is 7.23. The molecule has 10 heteroatoms. The van der Waals surface area contributed by atoms with Crippen LogP contribution in [0.4, 0.5) is 22.0 Å². The highest BCUT2D eigenvalue weighted by molar-refractivity contribution is 7.99. The molecule has 6 atom stereocenters. The molecule has 260 valence electrons. The number of ether oxygens (including phenoxy) is 2. The Labute approximate surface area is 275 Å². The predicted molar refractivity (Wildman–Crippen MR) is 171 cm³/mol. The van der Waals surface area contributed by atoms with Gasteiger partial charge in [-0.1, -0.05) is 51.5 Å². The van der Waals surface area contributed by atoms with E-state index in [2.05, 4.69) is 19.1 Å². The number of fused-ring (bicyclic) bond motifs is 5. The maximum absolute atomic E-state index is 13.0. The summed E-state index contributed by atoms with van der Waals surface area (Å²) in [5, 5.41) is 0. The zero-order valence-electron chi connectivity index (χ0n) is 27.6. The minimum Gasteiger partial charge on any atom is -0.462 e. The molecule has 4 nitrogen and oxygen atoms in total. The molecule has 2 saturated carbocycles. The molecule has 46 heavy (non-hydrogen) atoms. The van der Waals surface area contributed by atoms with E-state index < -0.39 is 18.5 Å². The van der Waals surface area contributed by atoms with Crippen LogP contribution < -0.4 is 4.74 Å². The van der Waals surface area contributed by atoms with Gasteiger partial charge in [-0.25, -0.2) is 0 Å². The van der Waals surface area contributed by atoms with Gasteiger partial charge in [0.05, 0.1) is 0 Å². The molecule has 0 aromatic heterocycles. The quantitative estimate of drug-likeness (QED) is 0.0756. The summed E-state index contributed by atoms with van der Waals surface area (Å²) in [6, 6.07) is 6.17. The number of rotatable bonds is 16. The third kappa shape index (κ3) is 9.19. The van der Waals surface area contributed by atoms with Crippen molar-refractivity contribution < 1.29 is 41.0 Å². The minimum absolute atomic E-state index is 0.00665. The first-order valence-corrected chi connectivity index (χ1v) is 18.4. The SMILES string of the molecule is CC(=O)Oc1ccc2c(c1)CC(CCCCCCCCCSCCCC(F)(F)C(F)(F)F)[C@@H]1[C@@H]2CC[C@]2(C)C(OC(C)=O)CC[C@@H]12. The van der Waals surface area contributed by atoms with Gasteiger partial charge in [-0.2, -0.15) is 33.7 Å². The molecule has 3 aliphatic carbocycles. The largest absolute Gasteiger partial charge is 0.462 e. The Balaban J connectivity index is 1.23. The van der Waals surface area contributed by atoms with Gasteiger partial charge in [0, 0.05) is 25.7 Å². The maximum Gasteiger partial charge on any atom is 0.453 e. The number of esters is 2. The Hall–Kier alpha value is -1.84. The first-order chi connectivity index (χ1) is 21.7. The Morgan fingerprint density at radius 2 is 1.57 bits per heavy atom. The van der Waals surface area contributed by atoms with Crippen molar-refractivity contribution in [2.24, 2.45) is 23.2 Å². The lowest BCUT2D eigenvalue weighted by atomic mass is 9.52. The van der Waals surface area contributed by atoms with Gasteiger partial charge < -0.3 is 9.47 Å². The van der Waals surface area contributed by atoms with Crippen molar-refractivity contribution in [1.82, 2.24) is 0 Å². The summed E-state index contributed by atoms with van der Waals surface area (Å²) in [5.74, 6) is -1.31. The van der Waals surface area contributed by atoms with E-state index in [0.717, 1.165) is 89.2 Å². The molecule has 0 spiro atoms. The van der Waals surface area contributed by atoms with Crippen LogP contribution in [0.2, 0.25) is 0 Å². The lowest BCUT2D eigenvalue weighted by molar-refractivity contribution is -0.284. The molecule has 1 aromatic rings. The highest BCUT2D eigenvalue weighted by atomic mass is 32.2. The maximum atomic E-state index is 13.0. The van der Waals surface area contributed by atoms with Gasteiger partial charge in [0.15, 0.2) is 0 Å². The second-order valence-corrected chi connectivity index (χ2v) is 15.3. The van der Waals surface area contributed by atoms with Crippen LogP contribution in [0.25, 0.3) is 0 Å². The zero-order chi connectivity index (χ0) is 33.5. The zero-order valence-corrected chi connectivity index (χ0v) is 28.4. The van der Waals surface area contributed by atoms with E-state index >= 15 is 0 Å². The van der Waals surface area contributed by atoms with Gasteiger partial charge in [-0.15, -0.1) is 0 Å². The first kappa shape index (κ1) is 37.0. The molecule has 0 aliphatic heterocycles. The summed E-state index contributed by atoms with van der Waals surface area (Å²) < 4.78 is 74.0. The van der Waals surface area contributed by atoms with Crippen molar-refractivity contribution in [3.05, 3.63) is 29.3 Å². The van der Waals surface area contributed by atoms with Crippen LogP contribution in [0.15, 0.2) is 18.2 Å². The van der Waals surface area contributed by atoms with Crippen LogP contribution in [-0.4, -0.2) is 41.6 Å². The molecule has 0 radical (unpaired) electrons. The number of thioether (sulfide) groups is 1. The van der Waals surface area contributed by atoms with Crippen LogP contribution in [0, 0.1) is 23.2 Å². The third-order valence-electron chi connectivity index (χ3n) is 10.9. The molecule has 2 unspecified atom stereocenters. The number of carbonyl (C=O) groups is 2. The van der Waals surface area contributed by atoms with Crippen molar-refractivity contribution in [1.29, 1.82) is 0 Å². The normalized spacial score (nSPS) is 27.4. The minimum atomic E-state index is -5.46. The summed E-state index contributed by atoms with van der Waals surface area (Å²) in [7, 11) is 0. The number of alkyl halides is 5. The smallest absolute Gasteiger partial charge is 0.453 e. The van der Waals surface area contributed by atoms with Gasteiger partial charge in [0.1, 0.15) is 11.9 Å². The van der Waals surface area contributed by atoms with Crippen molar-refractivity contribution in [3.63, 3.8) is 0 Å². The first-order valence-electron chi connectivity index (χ1n) is 17.2. The molecule has 1 aromatic carbocycles. The van der Waals surface area contributed by atoms with E-state index in [1.54, 1.807) is 0 Å². The summed E-state index contributed by atoms with van der Waals surface area (Å²) in [4.78, 5) is 23.5. The monoisotopic (exact) mass is 674 g/mol. The van der Waals surface area contributed by atoms with Gasteiger partial charge >= 0.3 is 24.0 Å². The van der Waals surface area contributed by atoms with Gasteiger partial charge in [-0.3, -0.25) is 9.59 Å². The standard InChI is InChI=1S/C36H51F5O4S/c1-24(42)44-28-13-14-29-27(23-28)22-26(33-30(29)17-19-34(3)31(33)15-16-32(34)45-25(2)43)12-9-7-5-4-6-8-10-20-46-21-11-18-35(37,38)36(39,40)41/h13-14,23,26,30-33H,4-12,15-22H2,1-3H3/t26?,30-,31+,32?,33-,34+/m1/s1. The molecule has 0 heterocycles. The summed E-state index contributed by atoms with van der Waals surface area (Å²) in [6.45, 7) is 5.28. The highest BCUT2D eigenvalue weighted by Gasteiger charge is 2.58. The number of benzene rings is 1. The van der Waals surface area contributed by atoms with E-state index in [1.807, 2.05) is 6.07 Å². The summed E-state index contributed by atoms with van der Waals surface area (Å²) >= 11 is 1.46. The fraction of sp³-hybridized carbons (Fsp3) is 0.778. The lowest BCUT2D eigenvalue weighted by Crippen LogP contribution is -2.48. The average molecular weight is 675 g/mol. The van der Waals surface area contributed by atoms with Gasteiger partial charge in [-0.05, 0) is 110 Å². The fourth-order valence-electron chi connectivity index (χ4n) is 8.76. The predicted octanol–water partition coefficient (Wildman–Crippen LogP) is 10.5. The van der Waals surface area contributed by atoms with E-state index in [4.69, 9.17) is 9.47 Å². The molecule has 0 N–H and O–H groups in total. The Morgan fingerprint density at radius 1 is 0.891 bits per heavy atom. The number of unbranched alkanes of at least 4 members (excludes halogenated alkanes) is 6. The molecular formula is C36H51F5O4S. The van der Waals surface area contributed by atoms with E-state index in [0.29, 0.717) is 35.2 Å². The van der Waals surface area contributed by atoms with Crippen LogP contribution in [0.3, 0.4) is 0 Å². The number of hydrogen-bond donors (Lipinski definition) is 0. The second-order valence-electron chi connectivity index (χ2n) is 14.1. The van der Waals surface area contributed by atoms with E-state index in [1.165, 1.54) is 36.7 Å². The molecule has 0 amide bonds. The number of hydrogen-bond acceptors (Lipinski definition) is 5. The van der Waals surface area contributed by atoms with Crippen LogP contribution >= 0.6 is 11.8 Å². The third-order valence-corrected chi connectivity index (χ3v) is 12.1. The lowest BCUT2D eigenvalue weighted by Gasteiger charge is -2.53. The average Bonchev–Trinajstić information content (AvgIpc) is 3.29. The van der Waals surface area contributed by atoms with Crippen LogP contribution in [0.5, 0.6) is 5.75 Å².